The molecule has 0 bridgehead atoms. The van der Waals surface area contributed by atoms with Crippen LogP contribution in [-0.4, -0.2) is 30.7 Å². The van der Waals surface area contributed by atoms with Crippen molar-refractivity contribution in [2.75, 3.05) is 14.1 Å². The van der Waals surface area contributed by atoms with Crippen molar-refractivity contribution in [1.82, 2.24) is 4.90 Å². The van der Waals surface area contributed by atoms with E-state index in [2.05, 4.69) is 0 Å². The molecule has 88 valence electrons. The fourth-order valence-electron chi connectivity index (χ4n) is 1.47. The summed E-state index contributed by atoms with van der Waals surface area (Å²) in [4.78, 5) is 24.1. The lowest BCUT2D eigenvalue weighted by Crippen LogP contribution is -2.21. The molecule has 16 heavy (non-hydrogen) atoms. The number of aryl methyl sites for hydroxylation is 2. The topological polar surface area (TPSA) is 50.5 Å². The molecule has 0 saturated heterocycles. The molecule has 4 heteroatoms. The number of amides is 1. The van der Waals surface area contributed by atoms with Gasteiger partial charge in [-0.2, -0.15) is 0 Å². The van der Waals surface area contributed by atoms with E-state index in [-0.39, 0.29) is 11.7 Å². The second-order valence-electron chi connectivity index (χ2n) is 4.03. The Balaban J connectivity index is 2.65. The van der Waals surface area contributed by atoms with Gasteiger partial charge < -0.3 is 9.32 Å². The molecule has 0 saturated carbocycles. The van der Waals surface area contributed by atoms with Crippen molar-refractivity contribution in [2.45, 2.75) is 26.7 Å². The summed E-state index contributed by atoms with van der Waals surface area (Å²) in [7, 11) is 3.44. The molecule has 0 spiro atoms. The zero-order valence-electron chi connectivity index (χ0n) is 10.2. The SMILES string of the molecule is CC(=O)c1cc(CCC(=O)N(C)C)oc1C. The Morgan fingerprint density at radius 1 is 1.38 bits per heavy atom. The number of carbonyl (C=O) groups is 2. The molecule has 0 aliphatic carbocycles. The van der Waals surface area contributed by atoms with Crippen LogP contribution >= 0.6 is 0 Å². The van der Waals surface area contributed by atoms with E-state index in [4.69, 9.17) is 4.42 Å². The van der Waals surface area contributed by atoms with Gasteiger partial charge in [-0.05, 0) is 19.9 Å². The maximum Gasteiger partial charge on any atom is 0.222 e. The van der Waals surface area contributed by atoms with Gasteiger partial charge >= 0.3 is 0 Å². The lowest BCUT2D eigenvalue weighted by Gasteiger charge is -2.08. The van der Waals surface area contributed by atoms with Gasteiger partial charge in [0.25, 0.3) is 0 Å². The first-order chi connectivity index (χ1) is 7.41. The summed E-state index contributed by atoms with van der Waals surface area (Å²) in [5.74, 6) is 1.36. The minimum absolute atomic E-state index is 0.00793. The fourth-order valence-corrected chi connectivity index (χ4v) is 1.47. The Bertz CT molecular complexity index is 404. The number of nitrogens with zero attached hydrogens (tertiary/aromatic N) is 1. The Labute approximate surface area is 95.2 Å². The third kappa shape index (κ3) is 2.95. The van der Waals surface area contributed by atoms with E-state index in [0.717, 1.165) is 0 Å². The van der Waals surface area contributed by atoms with E-state index < -0.39 is 0 Å². The van der Waals surface area contributed by atoms with E-state index in [0.29, 0.717) is 29.9 Å². The molecule has 1 rings (SSSR count). The summed E-state index contributed by atoms with van der Waals surface area (Å²) >= 11 is 0. The lowest BCUT2D eigenvalue weighted by molar-refractivity contribution is -0.128. The Morgan fingerprint density at radius 2 is 2.00 bits per heavy atom. The highest BCUT2D eigenvalue weighted by Crippen LogP contribution is 2.16. The zero-order valence-corrected chi connectivity index (χ0v) is 10.2. The van der Waals surface area contributed by atoms with E-state index in [1.165, 1.54) is 6.92 Å². The summed E-state index contributed by atoms with van der Waals surface area (Å²) in [5, 5.41) is 0. The third-order valence-electron chi connectivity index (χ3n) is 2.43. The van der Waals surface area contributed by atoms with Crippen LogP contribution in [0.15, 0.2) is 10.5 Å². The maximum absolute atomic E-state index is 11.4. The number of ketones is 1. The van der Waals surface area contributed by atoms with Crippen LogP contribution in [0.2, 0.25) is 0 Å². The quantitative estimate of drug-likeness (QED) is 0.731. The van der Waals surface area contributed by atoms with Gasteiger partial charge in [0.05, 0.1) is 5.56 Å². The van der Waals surface area contributed by atoms with Gasteiger partial charge in [-0.3, -0.25) is 9.59 Å². The van der Waals surface area contributed by atoms with Crippen LogP contribution in [-0.2, 0) is 11.2 Å². The van der Waals surface area contributed by atoms with Gasteiger partial charge in [-0.1, -0.05) is 0 Å². The summed E-state index contributed by atoms with van der Waals surface area (Å²) in [6, 6.07) is 1.72. The van der Waals surface area contributed by atoms with Crippen LogP contribution in [0.25, 0.3) is 0 Å². The molecule has 0 unspecified atom stereocenters. The number of carbonyl (C=O) groups excluding carboxylic acids is 2. The van der Waals surface area contributed by atoms with Gasteiger partial charge in [-0.25, -0.2) is 0 Å². The standard InChI is InChI=1S/C12H17NO3/c1-8(14)11-7-10(16-9(11)2)5-6-12(15)13(3)4/h7H,5-6H2,1-4H3. The summed E-state index contributed by atoms with van der Waals surface area (Å²) in [6.45, 7) is 3.26. The number of hydrogen-bond acceptors (Lipinski definition) is 3. The van der Waals surface area contributed by atoms with E-state index >= 15 is 0 Å². The van der Waals surface area contributed by atoms with Crippen molar-refractivity contribution < 1.29 is 14.0 Å². The van der Waals surface area contributed by atoms with Crippen LogP contribution in [0.5, 0.6) is 0 Å². The molecular formula is C12H17NO3. The number of hydrogen-bond donors (Lipinski definition) is 0. The molecule has 0 N–H and O–H groups in total. The van der Waals surface area contributed by atoms with Gasteiger partial charge in [0, 0.05) is 26.9 Å². The first-order valence-electron chi connectivity index (χ1n) is 5.22. The summed E-state index contributed by atoms with van der Waals surface area (Å²) in [6.07, 6.45) is 0.933. The van der Waals surface area contributed by atoms with Crippen molar-refractivity contribution in [1.29, 1.82) is 0 Å². The van der Waals surface area contributed by atoms with Crippen LogP contribution in [0.1, 0.15) is 35.2 Å². The summed E-state index contributed by atoms with van der Waals surface area (Å²) in [5.41, 5.74) is 0.604. The first-order valence-corrected chi connectivity index (χ1v) is 5.22. The van der Waals surface area contributed by atoms with Crippen molar-refractivity contribution in [3.05, 3.63) is 23.2 Å². The maximum atomic E-state index is 11.4. The Kier molecular flexibility index (Phi) is 3.88. The molecular weight excluding hydrogens is 206 g/mol. The zero-order chi connectivity index (χ0) is 12.3. The molecule has 0 aromatic carbocycles. The Morgan fingerprint density at radius 3 is 2.44 bits per heavy atom. The smallest absolute Gasteiger partial charge is 0.222 e. The predicted molar refractivity (Wildman–Crippen MR) is 60.5 cm³/mol. The highest BCUT2D eigenvalue weighted by atomic mass is 16.3. The normalized spacial score (nSPS) is 10.2. The molecule has 1 heterocycles. The van der Waals surface area contributed by atoms with Crippen LogP contribution < -0.4 is 0 Å². The van der Waals surface area contributed by atoms with Gasteiger partial charge in [-0.15, -0.1) is 0 Å². The molecule has 0 atom stereocenters. The van der Waals surface area contributed by atoms with Crippen molar-refractivity contribution in [2.24, 2.45) is 0 Å². The van der Waals surface area contributed by atoms with Crippen molar-refractivity contribution in [3.63, 3.8) is 0 Å². The number of furan rings is 1. The van der Waals surface area contributed by atoms with Crippen LogP contribution in [0.3, 0.4) is 0 Å². The number of rotatable bonds is 4. The molecule has 0 aliphatic rings. The average molecular weight is 223 g/mol. The molecule has 0 fully saturated rings. The molecule has 0 radical (unpaired) electrons. The highest BCUT2D eigenvalue weighted by molar-refractivity contribution is 5.95. The second-order valence-corrected chi connectivity index (χ2v) is 4.03. The van der Waals surface area contributed by atoms with Crippen LogP contribution in [0.4, 0.5) is 0 Å². The van der Waals surface area contributed by atoms with Gasteiger partial charge in [0.1, 0.15) is 11.5 Å². The minimum Gasteiger partial charge on any atom is -0.466 e. The minimum atomic E-state index is -0.00793. The predicted octanol–water partition coefficient (Wildman–Crippen LogP) is 1.81. The highest BCUT2D eigenvalue weighted by Gasteiger charge is 2.12. The largest absolute Gasteiger partial charge is 0.466 e. The van der Waals surface area contributed by atoms with Crippen molar-refractivity contribution >= 4 is 11.7 Å². The molecule has 4 nitrogen and oxygen atoms in total. The molecule has 1 amide bonds. The van der Waals surface area contributed by atoms with Gasteiger partial charge in [0.2, 0.25) is 5.91 Å². The molecule has 0 aliphatic heterocycles. The second kappa shape index (κ2) is 4.96. The monoisotopic (exact) mass is 223 g/mol. The van der Waals surface area contributed by atoms with E-state index in [9.17, 15) is 9.59 Å². The Hall–Kier alpha value is -1.58. The molecule has 1 aromatic rings. The lowest BCUT2D eigenvalue weighted by atomic mass is 10.1. The first kappa shape index (κ1) is 12.5. The average Bonchev–Trinajstić information content (AvgIpc) is 2.56. The van der Waals surface area contributed by atoms with Crippen LogP contribution in [0, 0.1) is 6.92 Å². The molecule has 1 aromatic heterocycles. The summed E-state index contributed by atoms with van der Waals surface area (Å²) < 4.78 is 5.41. The van der Waals surface area contributed by atoms with Crippen molar-refractivity contribution in [3.8, 4) is 0 Å². The van der Waals surface area contributed by atoms with E-state index in [1.807, 2.05) is 0 Å². The third-order valence-corrected chi connectivity index (χ3v) is 2.43. The fraction of sp³-hybridized carbons (Fsp3) is 0.500. The number of Topliss-reactive ketones (excluding diaryl/α,β-unsaturated/α-hetero) is 1. The van der Waals surface area contributed by atoms with Gasteiger partial charge in [0.15, 0.2) is 5.78 Å². The van der Waals surface area contributed by atoms with E-state index in [1.54, 1.807) is 32.0 Å².